The minimum Gasteiger partial charge on any atom is -0.468 e. The number of piperazine rings is 1. The molecule has 0 saturated carbocycles. The van der Waals surface area contributed by atoms with Crippen molar-refractivity contribution in [2.45, 2.75) is 45.2 Å². The van der Waals surface area contributed by atoms with E-state index >= 15 is 0 Å². The largest absolute Gasteiger partial charge is 0.468 e. The number of esters is 1. The van der Waals surface area contributed by atoms with E-state index in [1.54, 1.807) is 0 Å². The predicted octanol–water partition coefficient (Wildman–Crippen LogP) is 0.944. The molecule has 0 aromatic carbocycles. The van der Waals surface area contributed by atoms with E-state index in [9.17, 15) is 4.79 Å². The fraction of sp³-hybridized carbons (Fsp3) is 0.933. The van der Waals surface area contributed by atoms with Crippen molar-refractivity contribution in [3.8, 4) is 0 Å². The van der Waals surface area contributed by atoms with Crippen LogP contribution in [0, 0.1) is 0 Å². The van der Waals surface area contributed by atoms with E-state index in [2.05, 4.69) is 42.9 Å². The molecule has 0 aromatic heterocycles. The highest BCUT2D eigenvalue weighted by molar-refractivity contribution is 5.75. The van der Waals surface area contributed by atoms with Crippen LogP contribution in [0.4, 0.5) is 0 Å². The van der Waals surface area contributed by atoms with Crippen molar-refractivity contribution >= 4 is 5.97 Å². The van der Waals surface area contributed by atoms with Crippen LogP contribution in [0.1, 0.15) is 33.6 Å². The van der Waals surface area contributed by atoms with E-state index in [1.807, 2.05) is 0 Å². The molecule has 0 bridgehead atoms. The number of carbonyl (C=O) groups excluding carboxylic acids is 1. The average Bonchev–Trinajstić information content (AvgIpc) is 2.41. The van der Waals surface area contributed by atoms with Crippen molar-refractivity contribution < 1.29 is 9.53 Å². The monoisotopic (exact) mass is 285 g/mol. The molecule has 0 aliphatic carbocycles. The third-order valence-corrected chi connectivity index (χ3v) is 4.26. The second-order valence-electron chi connectivity index (χ2n) is 6.33. The average molecular weight is 285 g/mol. The van der Waals surface area contributed by atoms with Crippen molar-refractivity contribution in [3.05, 3.63) is 0 Å². The van der Waals surface area contributed by atoms with Gasteiger partial charge >= 0.3 is 5.97 Å². The first-order valence-electron chi connectivity index (χ1n) is 7.65. The Morgan fingerprint density at radius 3 is 2.65 bits per heavy atom. The van der Waals surface area contributed by atoms with Crippen molar-refractivity contribution in [2.75, 3.05) is 46.9 Å². The molecule has 0 amide bonds. The van der Waals surface area contributed by atoms with Crippen LogP contribution in [0.3, 0.4) is 0 Å². The van der Waals surface area contributed by atoms with Crippen molar-refractivity contribution in [1.82, 2.24) is 15.1 Å². The Bertz CT molecular complexity index is 307. The normalized spacial score (nSPS) is 21.6. The molecule has 1 fully saturated rings. The molecule has 0 radical (unpaired) electrons. The number of hydrogen-bond acceptors (Lipinski definition) is 5. The van der Waals surface area contributed by atoms with E-state index in [-0.39, 0.29) is 17.6 Å². The van der Waals surface area contributed by atoms with Gasteiger partial charge < -0.3 is 15.0 Å². The molecule has 0 aromatic rings. The summed E-state index contributed by atoms with van der Waals surface area (Å²) in [5, 5.41) is 3.28. The Hall–Kier alpha value is -0.650. The lowest BCUT2D eigenvalue weighted by atomic mass is 9.99. The van der Waals surface area contributed by atoms with Crippen LogP contribution >= 0.6 is 0 Å². The molecule has 1 atom stereocenters. The van der Waals surface area contributed by atoms with Gasteiger partial charge in [-0.05, 0) is 40.3 Å². The zero-order valence-electron chi connectivity index (χ0n) is 13.7. The van der Waals surface area contributed by atoms with Crippen LogP contribution in [0.15, 0.2) is 0 Å². The summed E-state index contributed by atoms with van der Waals surface area (Å²) < 4.78 is 4.88. The second kappa shape index (κ2) is 7.96. The quantitative estimate of drug-likeness (QED) is 0.706. The summed E-state index contributed by atoms with van der Waals surface area (Å²) in [6.45, 7) is 11.6. The van der Waals surface area contributed by atoms with Gasteiger partial charge in [0, 0.05) is 31.7 Å². The highest BCUT2D eigenvalue weighted by Gasteiger charge is 2.31. The third-order valence-electron chi connectivity index (χ3n) is 4.26. The Morgan fingerprint density at radius 1 is 1.40 bits per heavy atom. The first-order chi connectivity index (χ1) is 9.40. The summed E-state index contributed by atoms with van der Waals surface area (Å²) in [6, 6.07) is -0.178. The lowest BCUT2D eigenvalue weighted by molar-refractivity contribution is -0.143. The molecule has 5 heteroatoms. The van der Waals surface area contributed by atoms with E-state index in [0.717, 1.165) is 45.6 Å². The molecule has 1 saturated heterocycles. The number of rotatable bonds is 7. The fourth-order valence-corrected chi connectivity index (χ4v) is 2.61. The van der Waals surface area contributed by atoms with E-state index in [1.165, 1.54) is 7.11 Å². The van der Waals surface area contributed by atoms with Gasteiger partial charge in [0.2, 0.25) is 0 Å². The van der Waals surface area contributed by atoms with Gasteiger partial charge in [-0.15, -0.1) is 0 Å². The van der Waals surface area contributed by atoms with Crippen molar-refractivity contribution in [3.63, 3.8) is 0 Å². The Balaban J connectivity index is 2.44. The zero-order valence-corrected chi connectivity index (χ0v) is 13.7. The SMILES string of the molecule is CCCNC(CCN1CCN(C)C(C)(C)C1)C(=O)OC. The van der Waals surface area contributed by atoms with E-state index < -0.39 is 0 Å². The summed E-state index contributed by atoms with van der Waals surface area (Å²) in [7, 11) is 3.64. The van der Waals surface area contributed by atoms with E-state index in [4.69, 9.17) is 4.74 Å². The smallest absolute Gasteiger partial charge is 0.322 e. The topological polar surface area (TPSA) is 44.8 Å². The molecule has 1 heterocycles. The molecule has 118 valence electrons. The standard InChI is InChI=1S/C15H31N3O2/c1-6-8-16-13(14(19)20-5)7-9-18-11-10-17(4)15(2,3)12-18/h13,16H,6-12H2,1-5H3. The fourth-order valence-electron chi connectivity index (χ4n) is 2.61. The number of hydrogen-bond donors (Lipinski definition) is 1. The number of nitrogens with one attached hydrogen (secondary N) is 1. The maximum atomic E-state index is 11.8. The molecule has 1 rings (SSSR count). The summed E-state index contributed by atoms with van der Waals surface area (Å²) in [6.07, 6.45) is 1.83. The van der Waals surface area contributed by atoms with Crippen LogP contribution in [-0.2, 0) is 9.53 Å². The molecule has 5 nitrogen and oxygen atoms in total. The van der Waals surface area contributed by atoms with Gasteiger partial charge in [0.05, 0.1) is 7.11 Å². The summed E-state index contributed by atoms with van der Waals surface area (Å²) in [5.41, 5.74) is 0.204. The van der Waals surface area contributed by atoms with Gasteiger partial charge in [0.1, 0.15) is 6.04 Å². The highest BCUT2D eigenvalue weighted by Crippen LogP contribution is 2.19. The molecule has 0 spiro atoms. The number of methoxy groups -OCH3 is 1. The summed E-state index contributed by atoms with van der Waals surface area (Å²) in [4.78, 5) is 16.6. The van der Waals surface area contributed by atoms with E-state index in [0.29, 0.717) is 0 Å². The van der Waals surface area contributed by atoms with Gasteiger partial charge in [-0.25, -0.2) is 0 Å². The summed E-state index contributed by atoms with van der Waals surface area (Å²) >= 11 is 0. The molecule has 1 aliphatic rings. The number of likely N-dealkylation sites (N-methyl/N-ethyl adjacent to an activating group) is 1. The molecular weight excluding hydrogens is 254 g/mol. The second-order valence-corrected chi connectivity index (χ2v) is 6.33. The van der Waals surface area contributed by atoms with Gasteiger partial charge in [0.25, 0.3) is 0 Å². The maximum absolute atomic E-state index is 11.8. The zero-order chi connectivity index (χ0) is 15.2. The lowest BCUT2D eigenvalue weighted by Gasteiger charge is -2.45. The number of ether oxygens (including phenoxy) is 1. The molecule has 1 unspecified atom stereocenters. The maximum Gasteiger partial charge on any atom is 0.322 e. The third kappa shape index (κ3) is 5.04. The minimum absolute atomic E-state index is 0.146. The van der Waals surface area contributed by atoms with Gasteiger partial charge in [-0.3, -0.25) is 9.69 Å². The molecule has 20 heavy (non-hydrogen) atoms. The Morgan fingerprint density at radius 2 is 2.10 bits per heavy atom. The molecule has 1 aliphatic heterocycles. The molecular formula is C15H31N3O2. The Kier molecular flexibility index (Phi) is 6.92. The van der Waals surface area contributed by atoms with Crippen LogP contribution < -0.4 is 5.32 Å². The summed E-state index contributed by atoms with van der Waals surface area (Å²) in [5.74, 6) is -0.146. The molecule has 1 N–H and O–H groups in total. The van der Waals surface area contributed by atoms with Crippen molar-refractivity contribution in [2.24, 2.45) is 0 Å². The van der Waals surface area contributed by atoms with Crippen LogP contribution in [0.2, 0.25) is 0 Å². The first-order valence-corrected chi connectivity index (χ1v) is 7.65. The lowest BCUT2D eigenvalue weighted by Crippen LogP contribution is -2.58. The first kappa shape index (κ1) is 17.4. The predicted molar refractivity (Wildman–Crippen MR) is 81.9 cm³/mol. The number of nitrogens with zero attached hydrogens (tertiary/aromatic N) is 2. The minimum atomic E-state index is -0.178. The van der Waals surface area contributed by atoms with Gasteiger partial charge in [-0.1, -0.05) is 6.92 Å². The Labute approximate surface area is 123 Å². The highest BCUT2D eigenvalue weighted by atomic mass is 16.5. The van der Waals surface area contributed by atoms with Crippen LogP contribution in [0.5, 0.6) is 0 Å². The number of carbonyl (C=O) groups is 1. The van der Waals surface area contributed by atoms with Crippen molar-refractivity contribution in [1.29, 1.82) is 0 Å². The van der Waals surface area contributed by atoms with Gasteiger partial charge in [0.15, 0.2) is 0 Å². The van der Waals surface area contributed by atoms with Crippen LogP contribution in [0.25, 0.3) is 0 Å². The van der Waals surface area contributed by atoms with Gasteiger partial charge in [-0.2, -0.15) is 0 Å². The van der Waals surface area contributed by atoms with Crippen LogP contribution in [-0.4, -0.2) is 74.2 Å².